The van der Waals surface area contributed by atoms with Crippen LogP contribution in [0.1, 0.15) is 28.4 Å². The lowest BCUT2D eigenvalue weighted by atomic mass is 9.50. The van der Waals surface area contributed by atoms with E-state index in [0.717, 1.165) is 11.6 Å². The topological polar surface area (TPSA) is 131 Å². The van der Waals surface area contributed by atoms with Crippen molar-refractivity contribution >= 4 is 35.1 Å². The molecule has 2 aromatic carbocycles. The Morgan fingerprint density at radius 3 is 2.68 bits per heavy atom. The maximum absolute atomic E-state index is 14.6. The Balaban J connectivity index is 1.95. The molecule has 0 spiro atoms. The Morgan fingerprint density at radius 1 is 1.24 bits per heavy atom. The molecule has 1 heterocycles. The lowest BCUT2D eigenvalue weighted by molar-refractivity contribution is -0.115. The molecule has 0 aliphatic carbocycles. The first-order chi connectivity index (χ1) is 18.3. The fraction of sp³-hybridized carbons (Fsp3) is 0.308. The summed E-state index contributed by atoms with van der Waals surface area (Å²) in [4.78, 5) is 28.8. The van der Waals surface area contributed by atoms with Crippen molar-refractivity contribution in [2.24, 2.45) is 0 Å². The number of nitriles is 1. The number of aliphatic hydroxyl groups is 1. The van der Waals surface area contributed by atoms with Crippen LogP contribution in [0.25, 0.3) is 0 Å². The van der Waals surface area contributed by atoms with Gasteiger partial charge in [-0.25, -0.2) is 19.4 Å². The van der Waals surface area contributed by atoms with Crippen molar-refractivity contribution in [2.45, 2.75) is 32.9 Å². The predicted molar refractivity (Wildman–Crippen MR) is 142 cm³/mol. The van der Waals surface area contributed by atoms with E-state index in [2.05, 4.69) is 16.3 Å². The molecule has 12 heteroatoms. The quantitative estimate of drug-likeness (QED) is 0.239. The van der Waals surface area contributed by atoms with E-state index in [1.165, 1.54) is 23.5 Å². The van der Waals surface area contributed by atoms with Gasteiger partial charge in [-0.05, 0) is 48.7 Å². The third kappa shape index (κ3) is 8.03. The van der Waals surface area contributed by atoms with Crippen molar-refractivity contribution in [3.05, 3.63) is 64.4 Å². The Morgan fingerprint density at radius 2 is 2.03 bits per heavy atom. The number of carbonyl (C=O) groups excluding carboxylic acids is 2. The maximum atomic E-state index is 14.6. The van der Waals surface area contributed by atoms with Gasteiger partial charge < -0.3 is 24.6 Å². The summed E-state index contributed by atoms with van der Waals surface area (Å²) < 4.78 is 31.1. The molecule has 0 saturated heterocycles. The average molecular weight is 539 g/mol. The van der Waals surface area contributed by atoms with Crippen LogP contribution >= 0.6 is 11.3 Å². The van der Waals surface area contributed by atoms with Gasteiger partial charge in [-0.3, -0.25) is 4.79 Å². The second-order valence-electron chi connectivity index (χ2n) is 8.23. The van der Waals surface area contributed by atoms with Gasteiger partial charge in [0.2, 0.25) is 5.91 Å². The van der Waals surface area contributed by atoms with Crippen LogP contribution in [-0.2, 0) is 22.4 Å². The molecule has 3 rings (SSSR count). The van der Waals surface area contributed by atoms with Crippen LogP contribution in [0.15, 0.2) is 41.9 Å². The summed E-state index contributed by atoms with van der Waals surface area (Å²) >= 11 is 1.29. The van der Waals surface area contributed by atoms with Gasteiger partial charge in [-0.1, -0.05) is 13.1 Å². The van der Waals surface area contributed by atoms with E-state index >= 15 is 0 Å². The van der Waals surface area contributed by atoms with Crippen molar-refractivity contribution in [1.29, 1.82) is 5.26 Å². The summed E-state index contributed by atoms with van der Waals surface area (Å²) in [5.74, 6) is 0.860. The Hall–Kier alpha value is -3.95. The predicted octanol–water partition coefficient (Wildman–Crippen LogP) is 4.53. The lowest BCUT2D eigenvalue weighted by Gasteiger charge is -2.18. The number of halogens is 1. The fourth-order valence-electron chi connectivity index (χ4n) is 3.51. The normalized spacial score (nSPS) is 10.4. The first-order valence-corrected chi connectivity index (χ1v) is 12.9. The first-order valence-electron chi connectivity index (χ1n) is 12.0. The smallest absolute Gasteiger partial charge is 0.341 e. The second kappa shape index (κ2) is 14.1. The lowest BCUT2D eigenvalue weighted by Crippen LogP contribution is -2.16. The minimum absolute atomic E-state index is 0.0113. The van der Waals surface area contributed by atoms with Gasteiger partial charge in [0.25, 0.3) is 6.71 Å². The molecular weight excluding hydrogens is 512 g/mol. The standard InChI is InChI=1S/C26H27BFN3O6S/c1-3-35-25(34)20-5-4-19(15-21(20)28)37-23-13-18(14-24(33)31-26-30-8-11-38-26)17(6-7-27(2)16-29)12-22(23)36-10-9-32/h4-5,8,11-13,15,32H,3,6-7,9-10,14H2,1-2H3,(H,30,31,33). The number of aromatic nitrogens is 1. The number of hydrogen-bond donors (Lipinski definition) is 2. The van der Waals surface area contributed by atoms with E-state index < -0.39 is 11.8 Å². The molecule has 1 aromatic heterocycles. The molecular formula is C26H27BFN3O6S. The zero-order valence-electron chi connectivity index (χ0n) is 21.0. The number of nitrogens with one attached hydrogen (secondary N) is 1. The van der Waals surface area contributed by atoms with Crippen LogP contribution < -0.4 is 14.8 Å². The van der Waals surface area contributed by atoms with Gasteiger partial charge in [0, 0.05) is 23.6 Å². The van der Waals surface area contributed by atoms with Crippen molar-refractivity contribution in [3.63, 3.8) is 0 Å². The second-order valence-corrected chi connectivity index (χ2v) is 9.13. The van der Waals surface area contributed by atoms with Crippen molar-refractivity contribution in [2.75, 3.05) is 25.1 Å². The molecule has 2 N–H and O–H groups in total. The number of carbonyl (C=O) groups is 2. The van der Waals surface area contributed by atoms with Crippen LogP contribution in [0.3, 0.4) is 0 Å². The molecule has 0 unspecified atom stereocenters. The highest BCUT2D eigenvalue weighted by molar-refractivity contribution is 7.13. The summed E-state index contributed by atoms with van der Waals surface area (Å²) in [7, 11) is 0. The summed E-state index contributed by atoms with van der Waals surface area (Å²) in [6.07, 6.45) is 2.62. The molecule has 0 radical (unpaired) electrons. The van der Waals surface area contributed by atoms with Gasteiger partial charge >= 0.3 is 5.97 Å². The summed E-state index contributed by atoms with van der Waals surface area (Å²) in [6, 6.07) is 7.06. The van der Waals surface area contributed by atoms with Crippen LogP contribution in [0, 0.1) is 17.0 Å². The van der Waals surface area contributed by atoms with Crippen molar-refractivity contribution in [3.8, 4) is 23.2 Å². The molecule has 0 aliphatic rings. The maximum Gasteiger partial charge on any atom is 0.341 e. The highest BCUT2D eigenvalue weighted by atomic mass is 32.1. The summed E-state index contributed by atoms with van der Waals surface area (Å²) in [5.41, 5.74) is 1.17. The molecule has 1 amide bonds. The third-order valence-corrected chi connectivity index (χ3v) is 6.06. The van der Waals surface area contributed by atoms with Gasteiger partial charge in [0.1, 0.15) is 18.2 Å². The van der Waals surface area contributed by atoms with Crippen LogP contribution in [0.4, 0.5) is 9.52 Å². The molecule has 198 valence electrons. The van der Waals surface area contributed by atoms with Gasteiger partial charge in [-0.15, -0.1) is 11.3 Å². The SMILES string of the molecule is CCOC(=O)c1ccc(Oc2cc(CC(=O)Nc3nccs3)c(CCB(C)C#N)cc2OCCO)cc1F. The number of thiazole rings is 1. The molecule has 9 nitrogen and oxygen atoms in total. The molecule has 0 saturated carbocycles. The Kier molecular flexibility index (Phi) is 10.6. The molecule has 0 bridgehead atoms. The van der Waals surface area contributed by atoms with E-state index in [0.29, 0.717) is 23.4 Å². The minimum atomic E-state index is -0.816. The number of rotatable bonds is 13. The number of anilines is 1. The Bertz CT molecular complexity index is 1300. The van der Waals surface area contributed by atoms with Crippen LogP contribution in [0.5, 0.6) is 17.2 Å². The van der Waals surface area contributed by atoms with Gasteiger partial charge in [-0.2, -0.15) is 0 Å². The monoisotopic (exact) mass is 539 g/mol. The zero-order valence-corrected chi connectivity index (χ0v) is 21.8. The largest absolute Gasteiger partial charge is 0.487 e. The number of ether oxygens (including phenoxy) is 3. The minimum Gasteiger partial charge on any atom is -0.487 e. The van der Waals surface area contributed by atoms with E-state index in [9.17, 15) is 24.3 Å². The number of esters is 1. The highest BCUT2D eigenvalue weighted by Gasteiger charge is 2.19. The zero-order chi connectivity index (χ0) is 27.5. The molecule has 3 aromatic rings. The summed E-state index contributed by atoms with van der Waals surface area (Å²) in [6.45, 7) is 3.07. The van der Waals surface area contributed by atoms with Crippen molar-refractivity contribution in [1.82, 2.24) is 4.98 Å². The Labute approximate surface area is 224 Å². The number of hydrogen-bond acceptors (Lipinski definition) is 9. The van der Waals surface area contributed by atoms with Gasteiger partial charge in [0.05, 0.1) is 25.2 Å². The number of aliphatic hydroxyl groups excluding tert-OH is 1. The van der Waals surface area contributed by atoms with E-state index in [1.54, 1.807) is 30.6 Å². The first kappa shape index (κ1) is 28.6. The number of nitrogens with zero attached hydrogens (tertiary/aromatic N) is 2. The number of aryl methyl sites for hydroxylation is 1. The third-order valence-electron chi connectivity index (χ3n) is 5.38. The van der Waals surface area contributed by atoms with Crippen LogP contribution in [-0.4, -0.2) is 48.5 Å². The summed E-state index contributed by atoms with van der Waals surface area (Å²) in [5, 5.41) is 23.4. The average Bonchev–Trinajstić information content (AvgIpc) is 3.40. The molecule has 0 fully saturated rings. The van der Waals surface area contributed by atoms with E-state index in [-0.39, 0.29) is 61.7 Å². The molecule has 0 atom stereocenters. The fourth-order valence-corrected chi connectivity index (χ4v) is 4.05. The number of amides is 1. The molecule has 38 heavy (non-hydrogen) atoms. The van der Waals surface area contributed by atoms with Gasteiger partial charge in [0.15, 0.2) is 16.6 Å². The molecule has 0 aliphatic heterocycles. The van der Waals surface area contributed by atoms with E-state index in [1.807, 2.05) is 6.82 Å². The highest BCUT2D eigenvalue weighted by Crippen LogP contribution is 2.36. The van der Waals surface area contributed by atoms with E-state index in [4.69, 9.17) is 14.2 Å². The van der Waals surface area contributed by atoms with Crippen LogP contribution in [0.2, 0.25) is 13.1 Å². The van der Waals surface area contributed by atoms with Crippen molar-refractivity contribution < 1.29 is 33.3 Å². The number of benzene rings is 2.